The Morgan fingerprint density at radius 3 is 2.48 bits per heavy atom. The maximum absolute atomic E-state index is 13.8. The highest BCUT2D eigenvalue weighted by Gasteiger charge is 2.40. The summed E-state index contributed by atoms with van der Waals surface area (Å²) < 4.78 is 30.8. The van der Waals surface area contributed by atoms with Crippen LogP contribution in [-0.4, -0.2) is 66.1 Å². The molecule has 2 aromatic heterocycles. The van der Waals surface area contributed by atoms with Crippen molar-refractivity contribution in [2.45, 2.75) is 65.5 Å². The summed E-state index contributed by atoms with van der Waals surface area (Å²) in [6, 6.07) is 7.76. The van der Waals surface area contributed by atoms with Gasteiger partial charge < -0.3 is 20.3 Å². The number of nitrogens with two attached hydrogens (primary N) is 1. The number of anilines is 3. The smallest absolute Gasteiger partial charge is 0.410 e. The average molecular weight is 571 g/mol. The van der Waals surface area contributed by atoms with Gasteiger partial charge in [0, 0.05) is 18.6 Å². The van der Waals surface area contributed by atoms with Crippen LogP contribution in [0.4, 0.5) is 22.2 Å². The van der Waals surface area contributed by atoms with Crippen LogP contribution in [0.1, 0.15) is 70.4 Å². The molecule has 2 amide bonds. The van der Waals surface area contributed by atoms with Crippen molar-refractivity contribution in [3.8, 4) is 0 Å². The molecular weight excluding hydrogens is 532 g/mol. The Hall–Kier alpha value is -3.67. The first-order chi connectivity index (χ1) is 18.7. The fourth-order valence-electron chi connectivity index (χ4n) is 5.30. The number of rotatable bonds is 5. The van der Waals surface area contributed by atoms with Crippen molar-refractivity contribution < 1.29 is 22.7 Å². The summed E-state index contributed by atoms with van der Waals surface area (Å²) in [5.74, 6) is -0.0467. The molecule has 0 bridgehead atoms. The minimum atomic E-state index is -3.37. The molecule has 4 heterocycles. The van der Waals surface area contributed by atoms with Crippen molar-refractivity contribution in [2.24, 2.45) is 5.92 Å². The van der Waals surface area contributed by atoms with Crippen LogP contribution in [0.15, 0.2) is 36.4 Å². The number of aromatic nitrogens is 2. The number of pyridine rings is 2. The fourth-order valence-corrected chi connectivity index (χ4v) is 5.84. The van der Waals surface area contributed by atoms with E-state index in [1.807, 2.05) is 26.8 Å². The molecule has 1 saturated heterocycles. The summed E-state index contributed by atoms with van der Waals surface area (Å²) in [7, 11) is -3.37. The first kappa shape index (κ1) is 29.3. The molecule has 0 spiro atoms. The number of nitrogens with zero attached hydrogens (tertiary/aromatic N) is 5. The largest absolute Gasteiger partial charge is 0.444 e. The van der Waals surface area contributed by atoms with E-state index >= 15 is 0 Å². The lowest BCUT2D eigenvalue weighted by Gasteiger charge is -2.35. The van der Waals surface area contributed by atoms with E-state index in [0.717, 1.165) is 12.0 Å². The molecule has 11 nitrogen and oxygen atoms in total. The van der Waals surface area contributed by atoms with Crippen molar-refractivity contribution in [3.05, 3.63) is 47.7 Å². The summed E-state index contributed by atoms with van der Waals surface area (Å²) in [5, 5.41) is 0. The van der Waals surface area contributed by atoms with Crippen LogP contribution in [0.2, 0.25) is 0 Å². The zero-order valence-corrected chi connectivity index (χ0v) is 24.8. The van der Waals surface area contributed by atoms with Gasteiger partial charge in [0.15, 0.2) is 5.82 Å². The quantitative estimate of drug-likeness (QED) is 0.513. The highest BCUT2D eigenvalue weighted by atomic mass is 32.2. The maximum Gasteiger partial charge on any atom is 0.410 e. The molecule has 40 heavy (non-hydrogen) atoms. The van der Waals surface area contributed by atoms with Crippen molar-refractivity contribution in [1.82, 2.24) is 14.9 Å². The van der Waals surface area contributed by atoms with E-state index in [1.54, 1.807) is 17.0 Å². The van der Waals surface area contributed by atoms with Gasteiger partial charge in [0.05, 0.1) is 17.8 Å². The maximum atomic E-state index is 13.8. The summed E-state index contributed by atoms with van der Waals surface area (Å²) in [6.45, 7) is 13.2. The lowest BCUT2D eigenvalue weighted by molar-refractivity contribution is 0.0273. The van der Waals surface area contributed by atoms with Crippen LogP contribution >= 0.6 is 0 Å². The predicted octanol–water partition coefficient (Wildman–Crippen LogP) is 3.88. The Kier molecular flexibility index (Phi) is 8.11. The third kappa shape index (κ3) is 6.38. The number of nitrogen functional groups attached to an aromatic ring is 1. The highest BCUT2D eigenvalue weighted by molar-refractivity contribution is 7.75. The van der Waals surface area contributed by atoms with Crippen molar-refractivity contribution in [2.75, 3.05) is 34.6 Å². The predicted molar refractivity (Wildman–Crippen MR) is 156 cm³/mol. The Morgan fingerprint density at radius 1 is 1.15 bits per heavy atom. The van der Waals surface area contributed by atoms with E-state index in [-0.39, 0.29) is 22.7 Å². The highest BCUT2D eigenvalue weighted by Crippen LogP contribution is 2.38. The van der Waals surface area contributed by atoms with Crippen LogP contribution in [0.25, 0.3) is 5.57 Å². The van der Waals surface area contributed by atoms with E-state index in [2.05, 4.69) is 30.7 Å². The SMILES string of the molecule is C[C@@H]1CN(c2nc(C3=CCCN(C(=O)OC(C)(C)C)C3)ccc2C(=O)N(c2cccc(N)n2)[SH](=O)=O)C(C)(C)C1. The molecule has 216 valence electrons. The van der Waals surface area contributed by atoms with Crippen molar-refractivity contribution >= 4 is 45.9 Å². The van der Waals surface area contributed by atoms with Gasteiger partial charge >= 0.3 is 6.09 Å². The normalized spacial score (nSPS) is 19.0. The molecule has 2 aromatic rings. The molecular formula is C28H38N6O5S. The average Bonchev–Trinajstić information content (AvgIpc) is 3.14. The second-order valence-corrected chi connectivity index (χ2v) is 12.9. The molecule has 4 rings (SSSR count). The van der Waals surface area contributed by atoms with Crippen molar-refractivity contribution in [1.29, 1.82) is 0 Å². The minimum absolute atomic E-state index is 0.0896. The molecule has 0 radical (unpaired) electrons. The third-order valence-electron chi connectivity index (χ3n) is 6.89. The topological polar surface area (TPSA) is 139 Å². The Morgan fingerprint density at radius 2 is 1.88 bits per heavy atom. The Bertz CT molecular complexity index is 1410. The molecule has 0 aromatic carbocycles. The minimum Gasteiger partial charge on any atom is -0.444 e. The molecule has 2 aliphatic heterocycles. The number of carbonyl (C=O) groups is 2. The first-order valence-corrected chi connectivity index (χ1v) is 14.5. The van der Waals surface area contributed by atoms with Gasteiger partial charge in [-0.2, -0.15) is 4.31 Å². The lowest BCUT2D eigenvalue weighted by Crippen LogP contribution is -2.41. The van der Waals surface area contributed by atoms with Gasteiger partial charge in [-0.1, -0.05) is 19.1 Å². The molecule has 1 fully saturated rings. The number of ether oxygens (including phenoxy) is 1. The van der Waals surface area contributed by atoms with Crippen LogP contribution in [-0.2, 0) is 15.6 Å². The van der Waals surface area contributed by atoms with Gasteiger partial charge in [0.25, 0.3) is 5.91 Å². The lowest BCUT2D eigenvalue weighted by atomic mass is 9.97. The molecule has 2 aliphatic rings. The number of thiol groups is 1. The third-order valence-corrected chi connectivity index (χ3v) is 7.61. The molecule has 2 N–H and O–H groups in total. The second-order valence-electron chi connectivity index (χ2n) is 12.0. The van der Waals surface area contributed by atoms with Crippen LogP contribution in [0.5, 0.6) is 0 Å². The van der Waals surface area contributed by atoms with Crippen LogP contribution < -0.4 is 14.9 Å². The summed E-state index contributed by atoms with van der Waals surface area (Å²) in [5.41, 5.74) is 6.40. The summed E-state index contributed by atoms with van der Waals surface area (Å²) in [6.07, 6.45) is 3.13. The summed E-state index contributed by atoms with van der Waals surface area (Å²) >= 11 is 0. The van der Waals surface area contributed by atoms with Gasteiger partial charge in [-0.25, -0.2) is 23.2 Å². The van der Waals surface area contributed by atoms with Crippen LogP contribution in [0, 0.1) is 5.92 Å². The van der Waals surface area contributed by atoms with Gasteiger partial charge in [0.2, 0.25) is 10.9 Å². The molecule has 0 aliphatic carbocycles. The number of hydrogen-bond acceptors (Lipinski definition) is 9. The number of amides is 2. The molecule has 12 heteroatoms. The zero-order valence-electron chi connectivity index (χ0n) is 23.9. The Labute approximate surface area is 237 Å². The monoisotopic (exact) mass is 570 g/mol. The van der Waals surface area contributed by atoms with Gasteiger partial charge in [-0.05, 0) is 83.2 Å². The van der Waals surface area contributed by atoms with Crippen molar-refractivity contribution in [3.63, 3.8) is 0 Å². The number of carbonyl (C=O) groups excluding carboxylic acids is 2. The second kappa shape index (κ2) is 11.1. The standard InChI is InChI=1S/C28H38N6O5S/c1-18-15-28(5,6)33(16-18)24-20(25(35)34(40(37)38)23-11-7-10-22(29)31-23)12-13-21(30-24)19-9-8-14-32(17-19)26(36)39-27(2,3)4/h7,9-13,18,40H,8,14-17H2,1-6H3,(H2,29,31)/t18-/m0/s1. The van der Waals surface area contributed by atoms with E-state index in [9.17, 15) is 18.0 Å². The fraction of sp³-hybridized carbons (Fsp3) is 0.500. The van der Waals surface area contributed by atoms with Gasteiger partial charge in [0.1, 0.15) is 17.2 Å². The van der Waals surface area contributed by atoms with Gasteiger partial charge in [-0.3, -0.25) is 4.79 Å². The first-order valence-electron chi connectivity index (χ1n) is 13.3. The van der Waals surface area contributed by atoms with E-state index in [0.29, 0.717) is 47.8 Å². The molecule has 0 unspecified atom stereocenters. The molecule has 1 atom stereocenters. The summed E-state index contributed by atoms with van der Waals surface area (Å²) in [4.78, 5) is 39.3. The van der Waals surface area contributed by atoms with E-state index < -0.39 is 28.5 Å². The number of hydrogen-bond donors (Lipinski definition) is 2. The van der Waals surface area contributed by atoms with E-state index in [1.165, 1.54) is 18.2 Å². The van der Waals surface area contributed by atoms with Crippen LogP contribution in [0.3, 0.4) is 0 Å². The molecule has 0 saturated carbocycles. The van der Waals surface area contributed by atoms with E-state index in [4.69, 9.17) is 15.5 Å². The zero-order chi connectivity index (χ0) is 29.4. The Balaban J connectivity index is 1.76. The van der Waals surface area contributed by atoms with Gasteiger partial charge in [-0.15, -0.1) is 0 Å².